The Morgan fingerprint density at radius 1 is 0.923 bits per heavy atom. The number of fused-ring (bicyclic) bond motifs is 9. The molecule has 2 aromatic carbocycles. The van der Waals surface area contributed by atoms with Crippen molar-refractivity contribution in [2.24, 2.45) is 11.8 Å². The van der Waals surface area contributed by atoms with Crippen molar-refractivity contribution in [2.45, 2.75) is 69.9 Å². The number of nitrogens with two attached hydrogens (primary N) is 1. The van der Waals surface area contributed by atoms with Gasteiger partial charge in [0.15, 0.2) is 0 Å². The van der Waals surface area contributed by atoms with Gasteiger partial charge in [0.25, 0.3) is 0 Å². The Morgan fingerprint density at radius 3 is 2.15 bits per heavy atom. The van der Waals surface area contributed by atoms with E-state index in [1.807, 2.05) is 0 Å². The van der Waals surface area contributed by atoms with Crippen LogP contribution in [0.3, 0.4) is 0 Å². The number of hydrogen-bond donors (Lipinski definition) is 1. The predicted octanol–water partition coefficient (Wildman–Crippen LogP) is 4.84. The van der Waals surface area contributed by atoms with Gasteiger partial charge in [-0.1, -0.05) is 68.8 Å². The van der Waals surface area contributed by atoms with Gasteiger partial charge in [0.1, 0.15) is 11.1 Å². The van der Waals surface area contributed by atoms with E-state index in [0.29, 0.717) is 5.41 Å². The third-order valence-electron chi connectivity index (χ3n) is 8.04. The molecule has 3 aliphatic rings. The molecule has 2 heterocycles. The van der Waals surface area contributed by atoms with Crippen molar-refractivity contribution in [3.8, 4) is 0 Å². The molecule has 0 saturated heterocycles. The molecule has 1 saturated carbocycles. The van der Waals surface area contributed by atoms with Crippen LogP contribution >= 0.6 is 0 Å². The molecule has 1 heteroatoms. The van der Waals surface area contributed by atoms with Crippen LogP contribution in [0.1, 0.15) is 75.6 Å². The standard InChI is InChI=1S/C25H31N/c1-5-17(2)14-25-16-18(25)15-23(3)19-10-6-7-11-20(19)24(4,26-23)21-12-8-9-13-22(21)25/h6-13,17-18,26H,5,14-16H2,1-4H3/p+1. The Balaban J connectivity index is 1.75. The minimum Gasteiger partial charge on any atom is -0.326 e. The van der Waals surface area contributed by atoms with Gasteiger partial charge in [-0.3, -0.25) is 0 Å². The highest BCUT2D eigenvalue weighted by Gasteiger charge is 2.65. The molecule has 2 bridgehead atoms. The fraction of sp³-hybridized carbons (Fsp3) is 0.520. The Morgan fingerprint density at radius 2 is 1.50 bits per heavy atom. The normalized spacial score (nSPS) is 37.8. The zero-order valence-electron chi connectivity index (χ0n) is 16.7. The van der Waals surface area contributed by atoms with Crippen LogP contribution in [-0.2, 0) is 16.5 Å². The molecule has 2 aliphatic heterocycles. The number of quaternary nitrogens is 1. The van der Waals surface area contributed by atoms with Crippen LogP contribution in [0.2, 0.25) is 0 Å². The van der Waals surface area contributed by atoms with E-state index >= 15 is 0 Å². The van der Waals surface area contributed by atoms with Crippen molar-refractivity contribution in [1.29, 1.82) is 0 Å². The molecule has 2 aromatic rings. The largest absolute Gasteiger partial charge is 0.326 e. The summed E-state index contributed by atoms with van der Waals surface area (Å²) >= 11 is 0. The lowest BCUT2D eigenvalue weighted by atomic mass is 9.74. The Hall–Kier alpha value is -1.60. The van der Waals surface area contributed by atoms with Crippen LogP contribution in [-0.4, -0.2) is 0 Å². The van der Waals surface area contributed by atoms with Crippen LogP contribution in [0.5, 0.6) is 0 Å². The van der Waals surface area contributed by atoms with Gasteiger partial charge < -0.3 is 5.32 Å². The van der Waals surface area contributed by atoms with Crippen LogP contribution < -0.4 is 5.32 Å². The lowest BCUT2D eigenvalue weighted by Gasteiger charge is -2.36. The smallest absolute Gasteiger partial charge is 0.146 e. The number of benzene rings is 2. The molecule has 0 aromatic heterocycles. The maximum atomic E-state index is 2.69. The first kappa shape index (κ1) is 16.6. The van der Waals surface area contributed by atoms with E-state index < -0.39 is 0 Å². The third-order valence-corrected chi connectivity index (χ3v) is 8.04. The van der Waals surface area contributed by atoms with Gasteiger partial charge in [0.05, 0.1) is 0 Å². The molecule has 1 aliphatic carbocycles. The van der Waals surface area contributed by atoms with Gasteiger partial charge in [-0.25, -0.2) is 0 Å². The van der Waals surface area contributed by atoms with Crippen molar-refractivity contribution in [2.75, 3.05) is 0 Å². The molecule has 0 radical (unpaired) electrons. The molecular formula is C25H32N+. The van der Waals surface area contributed by atoms with Gasteiger partial charge in [-0.05, 0) is 49.5 Å². The summed E-state index contributed by atoms with van der Waals surface area (Å²) in [6.07, 6.45) is 5.34. The van der Waals surface area contributed by atoms with Gasteiger partial charge >= 0.3 is 0 Å². The van der Waals surface area contributed by atoms with Crippen molar-refractivity contribution < 1.29 is 5.32 Å². The molecule has 5 unspecified atom stereocenters. The van der Waals surface area contributed by atoms with E-state index in [4.69, 9.17) is 0 Å². The third kappa shape index (κ3) is 2.01. The van der Waals surface area contributed by atoms with Gasteiger partial charge in [0, 0.05) is 23.1 Å². The Bertz CT molecular complexity index is 870. The molecule has 136 valence electrons. The van der Waals surface area contributed by atoms with Crippen molar-refractivity contribution >= 4 is 0 Å². The average molecular weight is 347 g/mol. The lowest BCUT2D eigenvalue weighted by Crippen LogP contribution is -2.99. The summed E-state index contributed by atoms with van der Waals surface area (Å²) in [6.45, 7) is 9.76. The van der Waals surface area contributed by atoms with E-state index in [2.05, 4.69) is 81.5 Å². The van der Waals surface area contributed by atoms with Crippen LogP contribution in [0.25, 0.3) is 0 Å². The monoisotopic (exact) mass is 346 g/mol. The highest BCUT2D eigenvalue weighted by molar-refractivity contribution is 5.53. The molecule has 1 fully saturated rings. The summed E-state index contributed by atoms with van der Waals surface area (Å²) in [5, 5.41) is 2.69. The molecule has 5 rings (SSSR count). The SMILES string of the molecule is CCC(C)CC12CC1CC1(C)[NH2+]C(C)(c3ccccc31)c1ccccc12. The summed E-state index contributed by atoms with van der Waals surface area (Å²) in [5.74, 6) is 1.63. The summed E-state index contributed by atoms with van der Waals surface area (Å²) < 4.78 is 0. The molecule has 26 heavy (non-hydrogen) atoms. The summed E-state index contributed by atoms with van der Waals surface area (Å²) in [5.41, 5.74) is 7.01. The minimum atomic E-state index is 0.0396. The van der Waals surface area contributed by atoms with Crippen molar-refractivity contribution in [1.82, 2.24) is 0 Å². The molecule has 5 atom stereocenters. The second kappa shape index (κ2) is 5.23. The van der Waals surface area contributed by atoms with E-state index in [1.165, 1.54) is 31.2 Å². The maximum Gasteiger partial charge on any atom is 0.146 e. The van der Waals surface area contributed by atoms with E-state index in [-0.39, 0.29) is 11.1 Å². The van der Waals surface area contributed by atoms with Crippen LogP contribution in [0, 0.1) is 11.8 Å². The minimum absolute atomic E-state index is 0.0396. The first-order valence-corrected chi connectivity index (χ1v) is 10.5. The van der Waals surface area contributed by atoms with Crippen LogP contribution in [0.4, 0.5) is 0 Å². The molecule has 1 nitrogen and oxygen atoms in total. The Labute approximate surface area is 158 Å². The molecular weight excluding hydrogens is 314 g/mol. The van der Waals surface area contributed by atoms with Crippen molar-refractivity contribution in [3.63, 3.8) is 0 Å². The highest BCUT2D eigenvalue weighted by atomic mass is 15.1. The first-order valence-electron chi connectivity index (χ1n) is 10.5. The second-order valence-electron chi connectivity index (χ2n) is 9.83. The molecule has 0 amide bonds. The van der Waals surface area contributed by atoms with Gasteiger partial charge in [-0.15, -0.1) is 0 Å². The topological polar surface area (TPSA) is 16.6 Å². The lowest BCUT2D eigenvalue weighted by molar-refractivity contribution is -0.783. The van der Waals surface area contributed by atoms with Gasteiger partial charge in [-0.2, -0.15) is 0 Å². The molecule has 0 spiro atoms. The van der Waals surface area contributed by atoms with Crippen LogP contribution in [0.15, 0.2) is 48.5 Å². The quantitative estimate of drug-likeness (QED) is 0.819. The number of hydrogen-bond acceptors (Lipinski definition) is 0. The zero-order chi connectivity index (χ0) is 18.2. The summed E-state index contributed by atoms with van der Waals surface area (Å²) in [4.78, 5) is 0. The zero-order valence-corrected chi connectivity index (χ0v) is 16.7. The Kier molecular flexibility index (Phi) is 3.33. The van der Waals surface area contributed by atoms with Crippen molar-refractivity contribution in [3.05, 3.63) is 70.8 Å². The average Bonchev–Trinajstić information content (AvgIpc) is 3.25. The number of rotatable bonds is 3. The first-order chi connectivity index (χ1) is 12.4. The van der Waals surface area contributed by atoms with Gasteiger partial charge in [0.2, 0.25) is 0 Å². The van der Waals surface area contributed by atoms with E-state index in [1.54, 1.807) is 16.7 Å². The van der Waals surface area contributed by atoms with E-state index in [9.17, 15) is 0 Å². The summed E-state index contributed by atoms with van der Waals surface area (Å²) in [7, 11) is 0. The fourth-order valence-corrected chi connectivity index (χ4v) is 6.60. The maximum absolute atomic E-state index is 2.69. The predicted molar refractivity (Wildman–Crippen MR) is 107 cm³/mol. The fourth-order valence-electron chi connectivity index (χ4n) is 6.60. The summed E-state index contributed by atoms with van der Waals surface area (Å²) in [6, 6.07) is 18.7. The second-order valence-corrected chi connectivity index (χ2v) is 9.83. The molecule has 2 N–H and O–H groups in total. The highest BCUT2D eigenvalue weighted by Crippen LogP contribution is 2.65. The van der Waals surface area contributed by atoms with E-state index in [0.717, 1.165) is 11.8 Å².